The van der Waals surface area contributed by atoms with Crippen LogP contribution in [0, 0.1) is 5.92 Å². The van der Waals surface area contributed by atoms with Crippen molar-refractivity contribution in [2.45, 2.75) is 18.9 Å². The van der Waals surface area contributed by atoms with Gasteiger partial charge in [0.2, 0.25) is 0 Å². The van der Waals surface area contributed by atoms with Gasteiger partial charge in [0.15, 0.2) is 5.82 Å². The third-order valence-electron chi connectivity index (χ3n) is 5.34. The van der Waals surface area contributed by atoms with Crippen molar-refractivity contribution in [1.82, 2.24) is 24.7 Å². The van der Waals surface area contributed by atoms with Crippen molar-refractivity contribution in [3.05, 3.63) is 36.9 Å². The number of rotatable bonds is 3. The molecule has 0 aliphatic heterocycles. The summed E-state index contributed by atoms with van der Waals surface area (Å²) in [6, 6.07) is 6.62. The van der Waals surface area contributed by atoms with Crippen molar-refractivity contribution < 1.29 is 0 Å². The first-order chi connectivity index (χ1) is 12.2. The molecule has 0 radical (unpaired) electrons. The van der Waals surface area contributed by atoms with Crippen LogP contribution in [0.4, 0.5) is 5.82 Å². The molecule has 1 saturated carbocycles. The van der Waals surface area contributed by atoms with E-state index in [9.17, 15) is 0 Å². The fraction of sp³-hybridized carbons (Fsp3) is 0.278. The van der Waals surface area contributed by atoms with Gasteiger partial charge in [-0.1, -0.05) is 6.07 Å². The van der Waals surface area contributed by atoms with Gasteiger partial charge in [-0.2, -0.15) is 5.10 Å². The Balaban J connectivity index is 1.65. The lowest BCUT2D eigenvalue weighted by Crippen LogP contribution is -2.31. The van der Waals surface area contributed by atoms with Gasteiger partial charge in [0, 0.05) is 34.8 Å². The summed E-state index contributed by atoms with van der Waals surface area (Å²) >= 11 is 0. The van der Waals surface area contributed by atoms with E-state index in [4.69, 9.17) is 11.5 Å². The SMILES string of the molecule is NCC1CC(n2cc(-c3ccc4c(N)n[nH]c4c3)c3cncnc32)C1. The number of nitrogens with one attached hydrogen (secondary N) is 1. The zero-order valence-electron chi connectivity index (χ0n) is 13.7. The molecular formula is C18H19N7. The second-order valence-corrected chi connectivity index (χ2v) is 6.81. The highest BCUT2D eigenvalue weighted by atomic mass is 15.1. The Labute approximate surface area is 144 Å². The molecule has 0 unspecified atom stereocenters. The van der Waals surface area contributed by atoms with E-state index in [0.717, 1.165) is 52.4 Å². The molecule has 7 nitrogen and oxygen atoms in total. The summed E-state index contributed by atoms with van der Waals surface area (Å²) in [5.41, 5.74) is 15.8. The van der Waals surface area contributed by atoms with Crippen molar-refractivity contribution in [1.29, 1.82) is 0 Å². The van der Waals surface area contributed by atoms with Gasteiger partial charge in [-0.05, 0) is 43.0 Å². The van der Waals surface area contributed by atoms with Gasteiger partial charge in [-0.15, -0.1) is 0 Å². The number of fused-ring (bicyclic) bond motifs is 2. The number of nitrogens with two attached hydrogens (primary N) is 2. The summed E-state index contributed by atoms with van der Waals surface area (Å²) in [6.07, 6.45) is 7.91. The smallest absolute Gasteiger partial charge is 0.153 e. The summed E-state index contributed by atoms with van der Waals surface area (Å²) in [6.45, 7) is 0.759. The van der Waals surface area contributed by atoms with Crippen LogP contribution in [0.2, 0.25) is 0 Å². The third-order valence-corrected chi connectivity index (χ3v) is 5.34. The molecule has 5 N–H and O–H groups in total. The summed E-state index contributed by atoms with van der Waals surface area (Å²) in [5.74, 6) is 1.15. The van der Waals surface area contributed by atoms with Crippen LogP contribution in [-0.4, -0.2) is 31.3 Å². The number of anilines is 1. The molecule has 0 atom stereocenters. The van der Waals surface area contributed by atoms with Crippen molar-refractivity contribution >= 4 is 27.8 Å². The molecule has 7 heteroatoms. The van der Waals surface area contributed by atoms with E-state index in [1.165, 1.54) is 0 Å². The Hall–Kier alpha value is -2.93. The first-order valence-electron chi connectivity index (χ1n) is 8.49. The van der Waals surface area contributed by atoms with Gasteiger partial charge in [0.1, 0.15) is 12.0 Å². The molecule has 0 saturated heterocycles. The van der Waals surface area contributed by atoms with Crippen molar-refractivity contribution in [2.75, 3.05) is 12.3 Å². The maximum Gasteiger partial charge on any atom is 0.153 e. The standard InChI is InChI=1S/C18H19N7/c19-6-10-3-12(4-10)25-8-15(14-7-21-9-22-18(14)25)11-1-2-13-16(5-11)23-24-17(13)20/h1-2,5,7-10,12H,3-4,6,19H2,(H3,20,23,24). The minimum absolute atomic E-state index is 0.464. The summed E-state index contributed by atoms with van der Waals surface area (Å²) in [7, 11) is 0. The van der Waals surface area contributed by atoms with E-state index in [1.807, 2.05) is 12.3 Å². The van der Waals surface area contributed by atoms with E-state index in [0.29, 0.717) is 17.8 Å². The molecule has 3 heterocycles. The Morgan fingerprint density at radius 3 is 2.96 bits per heavy atom. The van der Waals surface area contributed by atoms with E-state index >= 15 is 0 Å². The van der Waals surface area contributed by atoms with Crippen molar-refractivity contribution in [2.24, 2.45) is 11.7 Å². The third kappa shape index (κ3) is 2.12. The van der Waals surface area contributed by atoms with E-state index in [2.05, 4.69) is 43.1 Å². The molecule has 0 spiro atoms. The predicted octanol–water partition coefficient (Wildman–Crippen LogP) is 2.47. The molecule has 1 fully saturated rings. The molecule has 0 amide bonds. The maximum absolute atomic E-state index is 5.87. The average molecular weight is 333 g/mol. The quantitative estimate of drug-likeness (QED) is 0.533. The van der Waals surface area contributed by atoms with Gasteiger partial charge < -0.3 is 16.0 Å². The summed E-state index contributed by atoms with van der Waals surface area (Å²) < 4.78 is 2.28. The van der Waals surface area contributed by atoms with Crippen LogP contribution in [0.5, 0.6) is 0 Å². The highest BCUT2D eigenvalue weighted by molar-refractivity contribution is 5.98. The van der Waals surface area contributed by atoms with E-state index in [1.54, 1.807) is 6.33 Å². The average Bonchev–Trinajstić information content (AvgIpc) is 3.16. The Bertz CT molecular complexity index is 1070. The lowest BCUT2D eigenvalue weighted by molar-refractivity contribution is 0.209. The molecular weight excluding hydrogens is 314 g/mol. The highest BCUT2D eigenvalue weighted by Gasteiger charge is 2.31. The number of benzene rings is 1. The molecule has 5 rings (SSSR count). The lowest BCUT2D eigenvalue weighted by Gasteiger charge is -2.35. The Kier molecular flexibility index (Phi) is 3.05. The molecule has 3 aromatic heterocycles. The lowest BCUT2D eigenvalue weighted by atomic mass is 9.80. The molecule has 1 aliphatic rings. The van der Waals surface area contributed by atoms with Gasteiger partial charge >= 0.3 is 0 Å². The van der Waals surface area contributed by atoms with E-state index in [-0.39, 0.29) is 0 Å². The molecule has 0 bridgehead atoms. The minimum Gasteiger partial charge on any atom is -0.382 e. The molecule has 4 aromatic rings. The number of aromatic nitrogens is 5. The molecule has 25 heavy (non-hydrogen) atoms. The summed E-state index contributed by atoms with van der Waals surface area (Å²) in [4.78, 5) is 8.76. The van der Waals surface area contributed by atoms with Crippen LogP contribution in [0.1, 0.15) is 18.9 Å². The first-order valence-corrected chi connectivity index (χ1v) is 8.49. The second kappa shape index (κ2) is 5.29. The van der Waals surface area contributed by atoms with Gasteiger partial charge in [-0.3, -0.25) is 5.10 Å². The molecule has 1 aromatic carbocycles. The largest absolute Gasteiger partial charge is 0.382 e. The van der Waals surface area contributed by atoms with Crippen molar-refractivity contribution in [3.63, 3.8) is 0 Å². The zero-order chi connectivity index (χ0) is 17.0. The second-order valence-electron chi connectivity index (χ2n) is 6.81. The normalized spacial score (nSPS) is 20.2. The van der Waals surface area contributed by atoms with Crippen LogP contribution < -0.4 is 11.5 Å². The summed E-state index contributed by atoms with van der Waals surface area (Å²) in [5, 5.41) is 9.06. The fourth-order valence-corrected chi connectivity index (χ4v) is 3.83. The highest BCUT2D eigenvalue weighted by Crippen LogP contribution is 2.41. The van der Waals surface area contributed by atoms with Crippen LogP contribution in [-0.2, 0) is 0 Å². The first kappa shape index (κ1) is 14.4. The van der Waals surface area contributed by atoms with E-state index < -0.39 is 0 Å². The monoisotopic (exact) mass is 333 g/mol. The van der Waals surface area contributed by atoms with Crippen LogP contribution in [0.3, 0.4) is 0 Å². The zero-order valence-corrected chi connectivity index (χ0v) is 13.7. The van der Waals surface area contributed by atoms with Gasteiger partial charge in [-0.25, -0.2) is 9.97 Å². The number of H-pyrrole nitrogens is 1. The fourth-order valence-electron chi connectivity index (χ4n) is 3.83. The Morgan fingerprint density at radius 2 is 2.12 bits per heavy atom. The number of nitrogen functional groups attached to an aromatic ring is 1. The predicted molar refractivity (Wildman–Crippen MR) is 97.8 cm³/mol. The molecule has 1 aliphatic carbocycles. The minimum atomic E-state index is 0.464. The van der Waals surface area contributed by atoms with Crippen LogP contribution in [0.15, 0.2) is 36.9 Å². The van der Waals surface area contributed by atoms with Gasteiger partial charge in [0.05, 0.1) is 5.52 Å². The number of hydrogen-bond acceptors (Lipinski definition) is 5. The Morgan fingerprint density at radius 1 is 1.24 bits per heavy atom. The van der Waals surface area contributed by atoms with Crippen molar-refractivity contribution in [3.8, 4) is 11.1 Å². The van der Waals surface area contributed by atoms with Crippen LogP contribution >= 0.6 is 0 Å². The van der Waals surface area contributed by atoms with Gasteiger partial charge in [0.25, 0.3) is 0 Å². The number of nitrogens with zero attached hydrogens (tertiary/aromatic N) is 4. The van der Waals surface area contributed by atoms with Crippen LogP contribution in [0.25, 0.3) is 33.1 Å². The number of aromatic amines is 1. The number of hydrogen-bond donors (Lipinski definition) is 3. The molecule has 126 valence electrons. The maximum atomic E-state index is 5.87. The topological polar surface area (TPSA) is 111 Å².